The molecular formula is C31H27F3N4O. The van der Waals surface area contributed by atoms with E-state index in [0.717, 1.165) is 54.4 Å². The van der Waals surface area contributed by atoms with E-state index in [2.05, 4.69) is 14.8 Å². The molecule has 6 rings (SSSR count). The molecular weight excluding hydrogens is 501 g/mol. The van der Waals surface area contributed by atoms with Crippen molar-refractivity contribution in [2.75, 3.05) is 37.6 Å². The molecule has 2 aliphatic rings. The summed E-state index contributed by atoms with van der Waals surface area (Å²) >= 11 is 0. The van der Waals surface area contributed by atoms with Crippen molar-refractivity contribution >= 4 is 16.6 Å². The number of alkyl halides is 1. The number of hydrogen-bond acceptors (Lipinski definition) is 5. The maximum Gasteiger partial charge on any atom is 0.141 e. The second-order valence-corrected chi connectivity index (χ2v) is 10.6. The lowest BCUT2D eigenvalue weighted by atomic mass is 9.92. The second-order valence-electron chi connectivity index (χ2n) is 10.6. The van der Waals surface area contributed by atoms with Gasteiger partial charge in [0, 0.05) is 61.4 Å². The molecule has 0 amide bonds. The molecule has 0 radical (unpaired) electrons. The molecule has 0 unspecified atom stereocenters. The Balaban J connectivity index is 1.46. The van der Waals surface area contributed by atoms with Crippen LogP contribution in [0.1, 0.15) is 17.5 Å². The number of anilines is 1. The van der Waals surface area contributed by atoms with E-state index in [1.54, 1.807) is 18.3 Å². The number of phenols is 1. The van der Waals surface area contributed by atoms with Crippen molar-refractivity contribution in [1.82, 2.24) is 9.88 Å². The molecule has 3 aromatic carbocycles. The molecule has 1 atom stereocenters. The van der Waals surface area contributed by atoms with Crippen LogP contribution in [0.3, 0.4) is 0 Å². The fourth-order valence-electron chi connectivity index (χ4n) is 5.88. The summed E-state index contributed by atoms with van der Waals surface area (Å²) in [6.07, 6.45) is 1.57. The Morgan fingerprint density at radius 3 is 2.51 bits per heavy atom. The van der Waals surface area contributed by atoms with E-state index in [1.165, 1.54) is 18.2 Å². The summed E-state index contributed by atoms with van der Waals surface area (Å²) in [5, 5.41) is 20.8. The molecule has 2 fully saturated rings. The molecule has 4 aromatic rings. The highest BCUT2D eigenvalue weighted by atomic mass is 19.1. The Morgan fingerprint density at radius 1 is 1.00 bits per heavy atom. The lowest BCUT2D eigenvalue weighted by Gasteiger charge is -2.44. The van der Waals surface area contributed by atoms with Crippen LogP contribution in [-0.4, -0.2) is 53.9 Å². The van der Waals surface area contributed by atoms with E-state index >= 15 is 0 Å². The van der Waals surface area contributed by atoms with Gasteiger partial charge < -0.3 is 10.0 Å². The van der Waals surface area contributed by atoms with Gasteiger partial charge in [-0.1, -0.05) is 12.1 Å². The minimum atomic E-state index is -0.757. The first kappa shape index (κ1) is 25.2. The van der Waals surface area contributed by atoms with Gasteiger partial charge in [0.25, 0.3) is 0 Å². The molecule has 3 heterocycles. The van der Waals surface area contributed by atoms with Crippen LogP contribution in [0.15, 0.2) is 54.7 Å². The standard InChI is InChI=1S/C31H27F3N4O/c1-18-6-21(8-24(33)7-18)28-13-36-29-3-2-20(26-11-25(34)9-22(12-35)31(26)39)10-27(29)30(28)38-15-19(16-38)14-37-5-4-23(32)17-37/h2-3,6-11,13,19,23,39H,4-5,14-17H2,1H3/t23-/m1/s1. The monoisotopic (exact) mass is 528 g/mol. The average molecular weight is 529 g/mol. The predicted molar refractivity (Wildman–Crippen MR) is 145 cm³/mol. The number of benzene rings is 3. The van der Waals surface area contributed by atoms with Gasteiger partial charge in [0.1, 0.15) is 29.6 Å². The molecule has 0 saturated carbocycles. The zero-order chi connectivity index (χ0) is 27.3. The molecule has 1 aromatic heterocycles. The quantitative estimate of drug-likeness (QED) is 0.334. The van der Waals surface area contributed by atoms with Crippen LogP contribution in [0, 0.1) is 35.8 Å². The van der Waals surface area contributed by atoms with Crippen LogP contribution in [0.2, 0.25) is 0 Å². The topological polar surface area (TPSA) is 63.4 Å². The van der Waals surface area contributed by atoms with E-state index < -0.39 is 12.0 Å². The van der Waals surface area contributed by atoms with Gasteiger partial charge in [-0.3, -0.25) is 9.88 Å². The molecule has 0 aliphatic carbocycles. The van der Waals surface area contributed by atoms with Crippen LogP contribution in [0.25, 0.3) is 33.2 Å². The summed E-state index contributed by atoms with van der Waals surface area (Å²) in [5.74, 6) is -0.876. The van der Waals surface area contributed by atoms with Crippen molar-refractivity contribution in [3.8, 4) is 34.1 Å². The van der Waals surface area contributed by atoms with Gasteiger partial charge in [0.15, 0.2) is 0 Å². The van der Waals surface area contributed by atoms with Gasteiger partial charge in [-0.05, 0) is 66.4 Å². The van der Waals surface area contributed by atoms with Gasteiger partial charge in [-0.2, -0.15) is 5.26 Å². The number of aromatic hydroxyl groups is 1. The van der Waals surface area contributed by atoms with Crippen LogP contribution in [0.5, 0.6) is 5.75 Å². The highest BCUT2D eigenvalue weighted by Crippen LogP contribution is 2.43. The fourth-order valence-corrected chi connectivity index (χ4v) is 5.88. The molecule has 2 aliphatic heterocycles. The van der Waals surface area contributed by atoms with E-state index in [-0.39, 0.29) is 22.7 Å². The predicted octanol–water partition coefficient (Wildman–Crippen LogP) is 6.21. The van der Waals surface area contributed by atoms with Crippen molar-refractivity contribution in [3.05, 3.63) is 77.5 Å². The van der Waals surface area contributed by atoms with E-state index in [4.69, 9.17) is 0 Å². The number of phenolic OH excluding ortho intramolecular Hbond substituents is 1. The zero-order valence-electron chi connectivity index (χ0n) is 21.5. The lowest BCUT2D eigenvalue weighted by molar-refractivity contribution is 0.229. The minimum Gasteiger partial charge on any atom is -0.506 e. The summed E-state index contributed by atoms with van der Waals surface area (Å²) < 4.78 is 42.5. The summed E-state index contributed by atoms with van der Waals surface area (Å²) in [6.45, 7) is 5.42. The number of fused-ring (bicyclic) bond motifs is 1. The molecule has 39 heavy (non-hydrogen) atoms. The maximum absolute atomic E-state index is 14.5. The molecule has 0 bridgehead atoms. The number of rotatable bonds is 5. The van der Waals surface area contributed by atoms with E-state index in [9.17, 15) is 23.5 Å². The first-order chi connectivity index (χ1) is 18.8. The van der Waals surface area contributed by atoms with Crippen LogP contribution >= 0.6 is 0 Å². The number of nitriles is 1. The van der Waals surface area contributed by atoms with E-state index in [1.807, 2.05) is 25.1 Å². The van der Waals surface area contributed by atoms with Crippen molar-refractivity contribution < 1.29 is 18.3 Å². The van der Waals surface area contributed by atoms with Crippen molar-refractivity contribution in [2.45, 2.75) is 19.5 Å². The third kappa shape index (κ3) is 4.79. The summed E-state index contributed by atoms with van der Waals surface area (Å²) in [4.78, 5) is 9.05. The number of nitrogens with zero attached hydrogens (tertiary/aromatic N) is 4. The molecule has 8 heteroatoms. The molecule has 198 valence electrons. The van der Waals surface area contributed by atoms with Gasteiger partial charge in [-0.25, -0.2) is 13.2 Å². The number of pyridine rings is 1. The Bertz CT molecular complexity index is 1610. The third-order valence-corrected chi connectivity index (χ3v) is 7.70. The number of aromatic nitrogens is 1. The third-order valence-electron chi connectivity index (χ3n) is 7.70. The Morgan fingerprint density at radius 2 is 1.79 bits per heavy atom. The normalized spacial score (nSPS) is 17.9. The highest BCUT2D eigenvalue weighted by molar-refractivity contribution is 6.02. The smallest absolute Gasteiger partial charge is 0.141 e. The molecule has 5 nitrogen and oxygen atoms in total. The fraction of sp³-hybridized carbons (Fsp3) is 0.290. The van der Waals surface area contributed by atoms with Crippen LogP contribution < -0.4 is 4.90 Å². The molecule has 0 spiro atoms. The SMILES string of the molecule is Cc1cc(F)cc(-c2cnc3ccc(-c4cc(F)cc(C#N)c4O)cc3c2N2CC(CN3CC[C@@H](F)C3)C2)c1. The van der Waals surface area contributed by atoms with Gasteiger partial charge in [0.05, 0.1) is 16.8 Å². The van der Waals surface area contributed by atoms with Gasteiger partial charge >= 0.3 is 0 Å². The largest absolute Gasteiger partial charge is 0.506 e. The Kier molecular flexibility index (Phi) is 6.40. The number of hydrogen-bond donors (Lipinski definition) is 1. The lowest BCUT2D eigenvalue weighted by Crippen LogP contribution is -2.51. The first-order valence-corrected chi connectivity index (χ1v) is 13.0. The number of halogens is 3. The van der Waals surface area contributed by atoms with E-state index in [0.29, 0.717) is 35.5 Å². The Hall–Kier alpha value is -4.09. The van der Waals surface area contributed by atoms with Crippen LogP contribution in [0.4, 0.5) is 18.9 Å². The van der Waals surface area contributed by atoms with Crippen molar-refractivity contribution in [1.29, 1.82) is 5.26 Å². The minimum absolute atomic E-state index is 0.143. The second kappa shape index (κ2) is 9.90. The van der Waals surface area contributed by atoms with Crippen molar-refractivity contribution in [2.24, 2.45) is 5.92 Å². The zero-order valence-corrected chi connectivity index (χ0v) is 21.5. The summed E-state index contributed by atoms with van der Waals surface area (Å²) in [6, 6.07) is 14.3. The number of aryl methyl sites for hydroxylation is 1. The Labute approximate surface area is 224 Å². The molecule has 1 N–H and O–H groups in total. The summed E-state index contributed by atoms with van der Waals surface area (Å²) in [7, 11) is 0. The highest BCUT2D eigenvalue weighted by Gasteiger charge is 2.33. The maximum atomic E-state index is 14.5. The first-order valence-electron chi connectivity index (χ1n) is 13.0. The average Bonchev–Trinajstić information content (AvgIpc) is 3.30. The van der Waals surface area contributed by atoms with Crippen LogP contribution in [-0.2, 0) is 0 Å². The molecule has 2 saturated heterocycles. The van der Waals surface area contributed by atoms with Gasteiger partial charge in [-0.15, -0.1) is 0 Å². The number of likely N-dealkylation sites (tertiary alicyclic amines) is 1. The van der Waals surface area contributed by atoms with Gasteiger partial charge in [0.2, 0.25) is 0 Å². The summed E-state index contributed by atoms with van der Waals surface area (Å²) in [5.41, 5.74) is 4.44. The van der Waals surface area contributed by atoms with Crippen molar-refractivity contribution in [3.63, 3.8) is 0 Å².